The zero-order chi connectivity index (χ0) is 14.9. The van der Waals surface area contributed by atoms with Crippen molar-refractivity contribution in [3.8, 4) is 11.1 Å². The summed E-state index contributed by atoms with van der Waals surface area (Å²) in [5, 5.41) is 1.98. The van der Waals surface area contributed by atoms with Crippen LogP contribution in [0.5, 0.6) is 0 Å². The fourth-order valence-electron chi connectivity index (χ4n) is 4.37. The number of hydrogen-bond donors (Lipinski definition) is 1. The number of hydrazine groups is 1. The van der Waals surface area contributed by atoms with Crippen LogP contribution in [0.25, 0.3) is 11.1 Å². The summed E-state index contributed by atoms with van der Waals surface area (Å²) >= 11 is 0. The van der Waals surface area contributed by atoms with Crippen molar-refractivity contribution in [1.29, 1.82) is 0 Å². The molecule has 2 N–H and O–H groups in total. The van der Waals surface area contributed by atoms with Crippen molar-refractivity contribution in [2.45, 2.75) is 38.0 Å². The molecule has 1 fully saturated rings. The highest BCUT2D eigenvalue weighted by atomic mass is 15.4. The lowest BCUT2D eigenvalue weighted by Gasteiger charge is -2.32. The number of nitrogens with zero attached hydrogens (tertiary/aromatic N) is 1. The topological polar surface area (TPSA) is 29.3 Å². The Bertz CT molecular complexity index is 658. The molecular formula is C20H24N2. The van der Waals surface area contributed by atoms with Gasteiger partial charge in [-0.05, 0) is 36.0 Å². The van der Waals surface area contributed by atoms with Crippen LogP contribution in [0.3, 0.4) is 0 Å². The van der Waals surface area contributed by atoms with E-state index in [1.807, 2.05) is 5.01 Å². The summed E-state index contributed by atoms with van der Waals surface area (Å²) in [4.78, 5) is 0. The standard InChI is InChI=1S/C20H24N2/c21-22-14-19(15-8-2-1-3-9-15)17-11-5-4-10-16(17)18-12-6-7-13-20(18)22/h4-7,10-13,15,19H,1-3,8-9,14,21H2. The molecule has 0 aromatic heterocycles. The average molecular weight is 292 g/mol. The number of benzene rings is 2. The van der Waals surface area contributed by atoms with Gasteiger partial charge in [0.1, 0.15) is 0 Å². The van der Waals surface area contributed by atoms with Gasteiger partial charge in [0.25, 0.3) is 0 Å². The maximum Gasteiger partial charge on any atom is 0.0595 e. The summed E-state index contributed by atoms with van der Waals surface area (Å²) in [6, 6.07) is 17.5. The van der Waals surface area contributed by atoms with E-state index in [4.69, 9.17) is 5.84 Å². The summed E-state index contributed by atoms with van der Waals surface area (Å²) in [6.45, 7) is 0.929. The Labute approximate surface area is 132 Å². The van der Waals surface area contributed by atoms with Gasteiger partial charge < -0.3 is 5.01 Å². The second-order valence-corrected chi connectivity index (χ2v) is 6.76. The molecule has 1 aliphatic heterocycles. The fraction of sp³-hybridized carbons (Fsp3) is 0.400. The van der Waals surface area contributed by atoms with Gasteiger partial charge in [-0.15, -0.1) is 0 Å². The number of para-hydroxylation sites is 1. The van der Waals surface area contributed by atoms with Crippen LogP contribution < -0.4 is 10.9 Å². The Morgan fingerprint density at radius 1 is 0.818 bits per heavy atom. The van der Waals surface area contributed by atoms with Crippen LogP contribution in [0, 0.1) is 5.92 Å². The Kier molecular flexibility index (Phi) is 3.63. The molecular weight excluding hydrogens is 268 g/mol. The quantitative estimate of drug-likeness (QED) is 0.771. The zero-order valence-corrected chi connectivity index (χ0v) is 13.0. The molecule has 2 aromatic carbocycles. The van der Waals surface area contributed by atoms with E-state index in [-0.39, 0.29) is 0 Å². The molecule has 1 unspecified atom stereocenters. The molecule has 0 radical (unpaired) electrons. The van der Waals surface area contributed by atoms with E-state index in [9.17, 15) is 0 Å². The molecule has 1 saturated carbocycles. The average Bonchev–Trinajstić information content (AvgIpc) is 2.72. The molecule has 0 amide bonds. The van der Waals surface area contributed by atoms with E-state index in [2.05, 4.69) is 48.5 Å². The predicted molar refractivity (Wildman–Crippen MR) is 92.7 cm³/mol. The SMILES string of the molecule is NN1CC(C2CCCCC2)c2ccccc2-c2ccccc21. The highest BCUT2D eigenvalue weighted by Gasteiger charge is 2.31. The van der Waals surface area contributed by atoms with Gasteiger partial charge >= 0.3 is 0 Å². The number of anilines is 1. The molecule has 0 saturated heterocycles. The fourth-order valence-corrected chi connectivity index (χ4v) is 4.37. The van der Waals surface area contributed by atoms with E-state index in [1.165, 1.54) is 48.8 Å². The van der Waals surface area contributed by atoms with Crippen LogP contribution in [0.2, 0.25) is 0 Å². The van der Waals surface area contributed by atoms with Crippen LogP contribution in [0.15, 0.2) is 48.5 Å². The smallest absolute Gasteiger partial charge is 0.0595 e. The van der Waals surface area contributed by atoms with Crippen LogP contribution in [0.1, 0.15) is 43.6 Å². The third kappa shape index (κ3) is 2.32. The lowest BCUT2D eigenvalue weighted by Crippen LogP contribution is -2.36. The number of hydrogen-bond acceptors (Lipinski definition) is 2. The van der Waals surface area contributed by atoms with Crippen LogP contribution in [0.4, 0.5) is 5.69 Å². The van der Waals surface area contributed by atoms with Crippen molar-refractivity contribution in [3.63, 3.8) is 0 Å². The first kappa shape index (κ1) is 13.8. The molecule has 22 heavy (non-hydrogen) atoms. The lowest BCUT2D eigenvalue weighted by molar-refractivity contribution is 0.305. The minimum atomic E-state index is 0.550. The molecule has 2 nitrogen and oxygen atoms in total. The summed E-state index contributed by atoms with van der Waals surface area (Å²) in [5.41, 5.74) is 5.31. The summed E-state index contributed by atoms with van der Waals surface area (Å²) in [5.74, 6) is 7.78. The van der Waals surface area contributed by atoms with Gasteiger partial charge in [-0.2, -0.15) is 0 Å². The first-order valence-corrected chi connectivity index (χ1v) is 8.55. The second-order valence-electron chi connectivity index (χ2n) is 6.76. The number of rotatable bonds is 1. The first-order chi connectivity index (χ1) is 10.8. The van der Waals surface area contributed by atoms with Crippen molar-refractivity contribution in [3.05, 3.63) is 54.1 Å². The molecule has 2 heteroatoms. The largest absolute Gasteiger partial charge is 0.310 e. The third-order valence-electron chi connectivity index (χ3n) is 5.48. The normalized spacial score (nSPS) is 21.9. The second kappa shape index (κ2) is 5.77. The van der Waals surface area contributed by atoms with Gasteiger partial charge in [-0.1, -0.05) is 61.7 Å². The monoisotopic (exact) mass is 292 g/mol. The van der Waals surface area contributed by atoms with Gasteiger partial charge in [-0.3, -0.25) is 0 Å². The van der Waals surface area contributed by atoms with Gasteiger partial charge in [0, 0.05) is 18.0 Å². The van der Waals surface area contributed by atoms with Crippen LogP contribution >= 0.6 is 0 Å². The van der Waals surface area contributed by atoms with Gasteiger partial charge in [-0.25, -0.2) is 5.84 Å². The van der Waals surface area contributed by atoms with Crippen molar-refractivity contribution in [2.24, 2.45) is 11.8 Å². The molecule has 0 spiro atoms. The Morgan fingerprint density at radius 2 is 1.50 bits per heavy atom. The summed E-state index contributed by atoms with van der Waals surface area (Å²) < 4.78 is 0. The Hall–Kier alpha value is -1.80. The highest BCUT2D eigenvalue weighted by molar-refractivity contribution is 5.82. The molecule has 1 atom stereocenters. The number of fused-ring (bicyclic) bond motifs is 3. The van der Waals surface area contributed by atoms with E-state index >= 15 is 0 Å². The van der Waals surface area contributed by atoms with E-state index in [0.29, 0.717) is 5.92 Å². The highest BCUT2D eigenvalue weighted by Crippen LogP contribution is 2.44. The van der Waals surface area contributed by atoms with E-state index in [1.54, 1.807) is 0 Å². The minimum absolute atomic E-state index is 0.550. The van der Waals surface area contributed by atoms with Crippen molar-refractivity contribution >= 4 is 5.69 Å². The Balaban J connectivity index is 1.83. The van der Waals surface area contributed by atoms with Gasteiger partial charge in [0.05, 0.1) is 5.69 Å². The summed E-state index contributed by atoms with van der Waals surface area (Å²) in [7, 11) is 0. The molecule has 1 aliphatic carbocycles. The van der Waals surface area contributed by atoms with E-state index in [0.717, 1.165) is 18.2 Å². The zero-order valence-electron chi connectivity index (χ0n) is 13.0. The molecule has 0 bridgehead atoms. The Morgan fingerprint density at radius 3 is 2.32 bits per heavy atom. The molecule has 2 aliphatic rings. The first-order valence-electron chi connectivity index (χ1n) is 8.55. The molecule has 1 heterocycles. The van der Waals surface area contributed by atoms with Crippen LogP contribution in [-0.2, 0) is 0 Å². The predicted octanol–water partition coefficient (Wildman–Crippen LogP) is 4.71. The molecule has 4 rings (SSSR count). The van der Waals surface area contributed by atoms with E-state index < -0.39 is 0 Å². The maximum atomic E-state index is 6.46. The van der Waals surface area contributed by atoms with Crippen molar-refractivity contribution in [2.75, 3.05) is 11.6 Å². The third-order valence-corrected chi connectivity index (χ3v) is 5.48. The van der Waals surface area contributed by atoms with Crippen LogP contribution in [-0.4, -0.2) is 6.54 Å². The minimum Gasteiger partial charge on any atom is -0.310 e. The number of nitrogens with two attached hydrogens (primary N) is 1. The lowest BCUT2D eigenvalue weighted by atomic mass is 9.75. The maximum absolute atomic E-state index is 6.46. The van der Waals surface area contributed by atoms with Gasteiger partial charge in [0.2, 0.25) is 0 Å². The molecule has 2 aromatic rings. The van der Waals surface area contributed by atoms with Crippen molar-refractivity contribution < 1.29 is 0 Å². The molecule has 114 valence electrons. The summed E-state index contributed by atoms with van der Waals surface area (Å²) in [6.07, 6.45) is 6.85. The van der Waals surface area contributed by atoms with Crippen molar-refractivity contribution in [1.82, 2.24) is 0 Å². The van der Waals surface area contributed by atoms with Gasteiger partial charge in [0.15, 0.2) is 0 Å².